The average Bonchev–Trinajstić information content (AvgIpc) is 2.79. The van der Waals surface area contributed by atoms with Crippen LogP contribution in [0, 0.1) is 0 Å². The van der Waals surface area contributed by atoms with Crippen LogP contribution in [0.5, 0.6) is 0 Å². The molecule has 0 spiro atoms. The van der Waals surface area contributed by atoms with Crippen molar-refractivity contribution in [1.82, 2.24) is 10.2 Å². The Hall–Kier alpha value is -1.79. The molecule has 0 bridgehead atoms. The highest BCUT2D eigenvalue weighted by Crippen LogP contribution is 2.18. The van der Waals surface area contributed by atoms with Crippen molar-refractivity contribution in [2.45, 2.75) is 57.2 Å². The molecular weight excluding hydrogens is 376 g/mol. The Morgan fingerprint density at radius 1 is 1.17 bits per heavy atom. The van der Waals surface area contributed by atoms with E-state index in [1.165, 1.54) is 24.1 Å². The van der Waals surface area contributed by atoms with Gasteiger partial charge in [0.1, 0.15) is 0 Å². The third-order valence-electron chi connectivity index (χ3n) is 6.12. The summed E-state index contributed by atoms with van der Waals surface area (Å²) in [7, 11) is 6.03. The van der Waals surface area contributed by atoms with E-state index in [0.29, 0.717) is 12.2 Å². The molecule has 2 fully saturated rings. The standard InChI is InChI=1S/C24H40N4O2/c1-25-24(26-15-6-7-20-9-11-21(12-10-20)27(2)3)28-16-13-22(14-17-28)30-19-23-8-4-5-18-29-23/h9-12,22-23H,4-8,13-19H2,1-3H3,(H,25,26). The molecule has 1 aromatic carbocycles. The summed E-state index contributed by atoms with van der Waals surface area (Å²) in [6.07, 6.45) is 8.59. The molecule has 6 nitrogen and oxygen atoms in total. The van der Waals surface area contributed by atoms with E-state index in [9.17, 15) is 0 Å². The maximum absolute atomic E-state index is 6.14. The van der Waals surface area contributed by atoms with E-state index in [4.69, 9.17) is 9.47 Å². The Bertz CT molecular complexity index is 633. The van der Waals surface area contributed by atoms with E-state index in [1.54, 1.807) is 0 Å². The molecule has 0 amide bonds. The maximum atomic E-state index is 6.14. The second-order valence-electron chi connectivity index (χ2n) is 8.65. The van der Waals surface area contributed by atoms with Gasteiger partial charge in [-0.05, 0) is 62.6 Å². The highest BCUT2D eigenvalue weighted by atomic mass is 16.5. The van der Waals surface area contributed by atoms with E-state index in [2.05, 4.69) is 58.5 Å². The molecule has 0 saturated carbocycles. The summed E-state index contributed by atoms with van der Waals surface area (Å²) in [6.45, 7) is 4.60. The number of hydrogen-bond acceptors (Lipinski definition) is 4. The SMILES string of the molecule is CN=C(NCCCc1ccc(N(C)C)cc1)N1CCC(OCC2CCCCO2)CC1. The van der Waals surface area contributed by atoms with Crippen LogP contribution in [0.1, 0.15) is 44.1 Å². The van der Waals surface area contributed by atoms with Gasteiger partial charge in [-0.3, -0.25) is 4.99 Å². The normalized spacial score (nSPS) is 21.0. The fourth-order valence-electron chi connectivity index (χ4n) is 4.20. The minimum absolute atomic E-state index is 0.310. The molecule has 30 heavy (non-hydrogen) atoms. The molecule has 6 heteroatoms. The molecule has 2 aliphatic heterocycles. The maximum Gasteiger partial charge on any atom is 0.193 e. The lowest BCUT2D eigenvalue weighted by Gasteiger charge is -2.35. The predicted octanol–water partition coefficient (Wildman–Crippen LogP) is 3.31. The summed E-state index contributed by atoms with van der Waals surface area (Å²) in [5.41, 5.74) is 2.63. The minimum atomic E-state index is 0.310. The summed E-state index contributed by atoms with van der Waals surface area (Å²) in [6, 6.07) is 8.84. The molecule has 3 rings (SSSR count). The molecule has 0 radical (unpaired) electrons. The Morgan fingerprint density at radius 3 is 2.57 bits per heavy atom. The number of likely N-dealkylation sites (tertiary alicyclic amines) is 1. The Labute approximate surface area is 182 Å². The van der Waals surface area contributed by atoms with Crippen LogP contribution < -0.4 is 10.2 Å². The zero-order valence-electron chi connectivity index (χ0n) is 19.1. The van der Waals surface area contributed by atoms with Crippen molar-refractivity contribution in [1.29, 1.82) is 0 Å². The lowest BCUT2D eigenvalue weighted by molar-refractivity contribution is -0.0721. The molecule has 1 atom stereocenters. The van der Waals surface area contributed by atoms with E-state index in [-0.39, 0.29) is 0 Å². The van der Waals surface area contributed by atoms with Crippen LogP contribution in [0.15, 0.2) is 29.3 Å². The van der Waals surface area contributed by atoms with Gasteiger partial charge in [0.25, 0.3) is 0 Å². The number of nitrogens with one attached hydrogen (secondary N) is 1. The molecule has 2 aliphatic rings. The highest BCUT2D eigenvalue weighted by molar-refractivity contribution is 5.79. The second-order valence-corrected chi connectivity index (χ2v) is 8.65. The van der Waals surface area contributed by atoms with Gasteiger partial charge in [-0.25, -0.2) is 0 Å². The summed E-state index contributed by atoms with van der Waals surface area (Å²) in [4.78, 5) is 8.99. The predicted molar refractivity (Wildman–Crippen MR) is 125 cm³/mol. The van der Waals surface area contributed by atoms with Gasteiger partial charge >= 0.3 is 0 Å². The summed E-state index contributed by atoms with van der Waals surface area (Å²) in [5, 5.41) is 3.54. The number of hydrogen-bond donors (Lipinski definition) is 1. The number of aryl methyl sites for hydroxylation is 1. The van der Waals surface area contributed by atoms with Crippen molar-refractivity contribution in [2.75, 3.05) is 58.9 Å². The van der Waals surface area contributed by atoms with Crippen molar-refractivity contribution in [2.24, 2.45) is 4.99 Å². The fraction of sp³-hybridized carbons (Fsp3) is 0.708. The zero-order chi connectivity index (χ0) is 21.2. The number of piperidine rings is 1. The Balaban J connectivity index is 1.31. The molecule has 1 unspecified atom stereocenters. The molecular formula is C24H40N4O2. The Kier molecular flexibility index (Phi) is 9.27. The first-order chi connectivity index (χ1) is 14.7. The van der Waals surface area contributed by atoms with E-state index in [1.807, 2.05) is 7.05 Å². The van der Waals surface area contributed by atoms with Crippen LogP contribution in [-0.2, 0) is 15.9 Å². The molecule has 0 aliphatic carbocycles. The zero-order valence-corrected chi connectivity index (χ0v) is 19.1. The fourth-order valence-corrected chi connectivity index (χ4v) is 4.20. The number of anilines is 1. The molecule has 2 heterocycles. The minimum Gasteiger partial charge on any atom is -0.378 e. The molecule has 1 aromatic rings. The van der Waals surface area contributed by atoms with Crippen molar-refractivity contribution in [3.8, 4) is 0 Å². The molecule has 1 N–H and O–H groups in total. The van der Waals surface area contributed by atoms with Crippen molar-refractivity contribution < 1.29 is 9.47 Å². The van der Waals surface area contributed by atoms with E-state index in [0.717, 1.165) is 70.9 Å². The summed E-state index contributed by atoms with van der Waals surface area (Å²) < 4.78 is 11.9. The molecule has 0 aromatic heterocycles. The smallest absolute Gasteiger partial charge is 0.193 e. The average molecular weight is 417 g/mol. The first-order valence-electron chi connectivity index (χ1n) is 11.6. The summed E-state index contributed by atoms with van der Waals surface area (Å²) in [5.74, 6) is 1.02. The number of guanidine groups is 1. The lowest BCUT2D eigenvalue weighted by Crippen LogP contribution is -2.47. The quantitative estimate of drug-likeness (QED) is 0.400. The summed E-state index contributed by atoms with van der Waals surface area (Å²) >= 11 is 0. The first-order valence-corrected chi connectivity index (χ1v) is 11.6. The highest BCUT2D eigenvalue weighted by Gasteiger charge is 2.23. The second kappa shape index (κ2) is 12.2. The lowest BCUT2D eigenvalue weighted by atomic mass is 10.1. The van der Waals surface area contributed by atoms with Crippen LogP contribution >= 0.6 is 0 Å². The monoisotopic (exact) mass is 416 g/mol. The number of benzene rings is 1. The van der Waals surface area contributed by atoms with Gasteiger partial charge in [0, 0.05) is 53.1 Å². The van der Waals surface area contributed by atoms with Gasteiger partial charge in [-0.15, -0.1) is 0 Å². The van der Waals surface area contributed by atoms with Crippen molar-refractivity contribution in [3.05, 3.63) is 29.8 Å². The van der Waals surface area contributed by atoms with Crippen molar-refractivity contribution >= 4 is 11.6 Å². The van der Waals surface area contributed by atoms with E-state index >= 15 is 0 Å². The van der Waals surface area contributed by atoms with Gasteiger partial charge < -0.3 is 24.6 Å². The van der Waals surface area contributed by atoms with E-state index < -0.39 is 0 Å². The van der Waals surface area contributed by atoms with Gasteiger partial charge in [0.15, 0.2) is 5.96 Å². The largest absolute Gasteiger partial charge is 0.378 e. The van der Waals surface area contributed by atoms with Crippen LogP contribution in [0.25, 0.3) is 0 Å². The third-order valence-corrected chi connectivity index (χ3v) is 6.12. The first kappa shape index (κ1) is 22.9. The number of nitrogens with zero attached hydrogens (tertiary/aromatic N) is 3. The molecule has 168 valence electrons. The van der Waals surface area contributed by atoms with Gasteiger partial charge in [0.05, 0.1) is 18.8 Å². The third kappa shape index (κ3) is 7.17. The van der Waals surface area contributed by atoms with Crippen LogP contribution in [-0.4, -0.2) is 77.1 Å². The van der Waals surface area contributed by atoms with Gasteiger partial charge in [-0.1, -0.05) is 12.1 Å². The van der Waals surface area contributed by atoms with Gasteiger partial charge in [-0.2, -0.15) is 0 Å². The van der Waals surface area contributed by atoms with Gasteiger partial charge in [0.2, 0.25) is 0 Å². The topological polar surface area (TPSA) is 49.3 Å². The number of aliphatic imine (C=N–C) groups is 1. The van der Waals surface area contributed by atoms with Crippen LogP contribution in [0.2, 0.25) is 0 Å². The van der Waals surface area contributed by atoms with Crippen LogP contribution in [0.4, 0.5) is 5.69 Å². The Morgan fingerprint density at radius 2 is 1.93 bits per heavy atom. The van der Waals surface area contributed by atoms with Crippen molar-refractivity contribution in [3.63, 3.8) is 0 Å². The van der Waals surface area contributed by atoms with Crippen LogP contribution in [0.3, 0.4) is 0 Å². The number of ether oxygens (including phenoxy) is 2. The number of rotatable bonds is 8. The molecule has 2 saturated heterocycles.